The first kappa shape index (κ1) is 27.0. The first-order valence-electron chi connectivity index (χ1n) is 14.3. The van der Waals surface area contributed by atoms with Gasteiger partial charge in [-0.25, -0.2) is 14.0 Å². The number of nitrogens with one attached hydrogen (secondary N) is 2. The first-order chi connectivity index (χ1) is 19.2. The monoisotopic (exact) mass is 556 g/mol. The fourth-order valence-corrected chi connectivity index (χ4v) is 7.24. The van der Waals surface area contributed by atoms with E-state index in [1.54, 1.807) is 12.1 Å². The number of hydrogen-bond donors (Lipinski definition) is 2. The van der Waals surface area contributed by atoms with Crippen molar-refractivity contribution >= 4 is 26.4 Å². The lowest BCUT2D eigenvalue weighted by Crippen LogP contribution is -2.53. The minimum atomic E-state index is -2.73. The number of fused-ring (bicyclic) bond motifs is 1. The third-order valence-corrected chi connectivity index (χ3v) is 9.98. The number of aromatic nitrogens is 2. The average molecular weight is 557 g/mol. The standard InChI is InChI=1S/C32H40N6OS/c1-22-17-25(18-23(2)31(22)38-15-13-37(14-16-38)27-9-11-36(3)12-10-27)26-19-29-30(21-35-32(29)34-20-26)24-5-7-28(8-6-24)40(4,33)39/h5-8,17-21,27,33H,9-16H2,1-4H3,(H,34,35). The number of likely N-dealkylation sites (tertiary alicyclic amines) is 1. The van der Waals surface area contributed by atoms with Crippen LogP contribution in [0.4, 0.5) is 5.69 Å². The van der Waals surface area contributed by atoms with Crippen molar-refractivity contribution in [1.29, 1.82) is 4.78 Å². The topological polar surface area (TPSA) is 79.3 Å². The van der Waals surface area contributed by atoms with Crippen LogP contribution in [0.5, 0.6) is 0 Å². The molecule has 6 rings (SSSR count). The predicted octanol–water partition coefficient (Wildman–Crippen LogP) is 5.77. The molecule has 0 radical (unpaired) electrons. The molecule has 0 spiro atoms. The second-order valence-electron chi connectivity index (χ2n) is 11.7. The number of benzene rings is 2. The number of hydrogen-bond acceptors (Lipinski definition) is 6. The molecule has 2 aromatic carbocycles. The Morgan fingerprint density at radius 3 is 2.17 bits per heavy atom. The van der Waals surface area contributed by atoms with E-state index in [1.807, 2.05) is 24.5 Å². The lowest BCUT2D eigenvalue weighted by molar-refractivity contribution is 0.115. The summed E-state index contributed by atoms with van der Waals surface area (Å²) in [4.78, 5) is 16.3. The Labute approximate surface area is 238 Å². The molecule has 2 aromatic heterocycles. The maximum Gasteiger partial charge on any atom is 0.137 e. The smallest absolute Gasteiger partial charge is 0.137 e. The zero-order valence-corrected chi connectivity index (χ0v) is 24.9. The van der Waals surface area contributed by atoms with Gasteiger partial charge in [-0.15, -0.1) is 0 Å². The second kappa shape index (κ2) is 10.7. The van der Waals surface area contributed by atoms with E-state index in [2.05, 4.69) is 58.8 Å². The molecule has 7 nitrogen and oxygen atoms in total. The van der Waals surface area contributed by atoms with Gasteiger partial charge in [0.25, 0.3) is 0 Å². The molecular weight excluding hydrogens is 516 g/mol. The third kappa shape index (κ3) is 5.28. The highest BCUT2D eigenvalue weighted by molar-refractivity contribution is 7.91. The summed E-state index contributed by atoms with van der Waals surface area (Å²) in [6, 6.07) is 15.0. The van der Waals surface area contributed by atoms with E-state index in [0.717, 1.165) is 59.9 Å². The lowest BCUT2D eigenvalue weighted by Gasteiger charge is -2.43. The van der Waals surface area contributed by atoms with Crippen LogP contribution < -0.4 is 4.90 Å². The van der Waals surface area contributed by atoms with Gasteiger partial charge in [-0.05, 0) is 99.4 Å². The summed E-state index contributed by atoms with van der Waals surface area (Å²) >= 11 is 0. The normalized spacial score (nSPS) is 19.2. The number of aromatic amines is 1. The Hall–Kier alpha value is -3.20. The van der Waals surface area contributed by atoms with Gasteiger partial charge < -0.3 is 14.8 Å². The largest absolute Gasteiger partial charge is 0.369 e. The van der Waals surface area contributed by atoms with Gasteiger partial charge in [0.1, 0.15) is 5.65 Å². The van der Waals surface area contributed by atoms with E-state index in [1.165, 1.54) is 54.6 Å². The van der Waals surface area contributed by atoms with Crippen molar-refractivity contribution in [2.24, 2.45) is 0 Å². The summed E-state index contributed by atoms with van der Waals surface area (Å²) in [5.74, 6) is 0. The molecule has 0 bridgehead atoms. The Morgan fingerprint density at radius 1 is 0.900 bits per heavy atom. The van der Waals surface area contributed by atoms with Crippen LogP contribution in [0.1, 0.15) is 24.0 Å². The molecular formula is C32H40N6OS. The number of H-pyrrole nitrogens is 1. The molecule has 210 valence electrons. The van der Waals surface area contributed by atoms with Gasteiger partial charge in [-0.1, -0.05) is 12.1 Å². The molecule has 2 aliphatic rings. The van der Waals surface area contributed by atoms with Gasteiger partial charge in [-0.3, -0.25) is 4.90 Å². The number of piperazine rings is 1. The Kier molecular flexibility index (Phi) is 7.19. The van der Waals surface area contributed by atoms with E-state index in [0.29, 0.717) is 4.90 Å². The summed E-state index contributed by atoms with van der Waals surface area (Å²) in [6.07, 6.45) is 7.97. The number of pyridine rings is 1. The van der Waals surface area contributed by atoms with Crippen LogP contribution >= 0.6 is 0 Å². The summed E-state index contributed by atoms with van der Waals surface area (Å²) in [6.45, 7) is 11.4. The van der Waals surface area contributed by atoms with Crippen molar-refractivity contribution in [3.63, 3.8) is 0 Å². The molecule has 0 amide bonds. The molecule has 8 heteroatoms. The maximum atomic E-state index is 12.1. The molecule has 2 saturated heterocycles. The highest BCUT2D eigenvalue weighted by Gasteiger charge is 2.27. The van der Waals surface area contributed by atoms with Crippen molar-refractivity contribution in [3.8, 4) is 22.3 Å². The number of aryl methyl sites for hydroxylation is 2. The third-order valence-electron chi connectivity index (χ3n) is 8.81. The van der Waals surface area contributed by atoms with Gasteiger partial charge in [0.15, 0.2) is 0 Å². The fraction of sp³-hybridized carbons (Fsp3) is 0.406. The maximum absolute atomic E-state index is 12.1. The first-order valence-corrected chi connectivity index (χ1v) is 16.2. The van der Waals surface area contributed by atoms with Gasteiger partial charge in [0.2, 0.25) is 0 Å². The molecule has 0 aliphatic carbocycles. The Balaban J connectivity index is 1.23. The van der Waals surface area contributed by atoms with Crippen molar-refractivity contribution in [2.75, 3.05) is 57.5 Å². The van der Waals surface area contributed by atoms with E-state index in [-0.39, 0.29) is 0 Å². The Bertz CT molecular complexity index is 1600. The summed E-state index contributed by atoms with van der Waals surface area (Å²) < 4.78 is 20.0. The SMILES string of the molecule is Cc1cc(-c2cnc3[nH]cc(-c4ccc(S(C)(=N)=O)cc4)c3c2)cc(C)c1N1CCN(C2CCN(C)CC2)CC1. The molecule has 2 N–H and O–H groups in total. The molecule has 1 unspecified atom stereocenters. The van der Waals surface area contributed by atoms with E-state index >= 15 is 0 Å². The number of nitrogens with zero attached hydrogens (tertiary/aromatic N) is 4. The van der Waals surface area contributed by atoms with Crippen LogP contribution in [0, 0.1) is 18.6 Å². The number of piperidine rings is 1. The van der Waals surface area contributed by atoms with E-state index in [9.17, 15) is 4.21 Å². The highest BCUT2D eigenvalue weighted by Crippen LogP contribution is 2.35. The van der Waals surface area contributed by atoms with Crippen LogP contribution in [0.15, 0.2) is 59.8 Å². The van der Waals surface area contributed by atoms with E-state index in [4.69, 9.17) is 9.76 Å². The highest BCUT2D eigenvalue weighted by atomic mass is 32.2. The number of anilines is 1. The second-order valence-corrected chi connectivity index (χ2v) is 13.9. The fourth-order valence-electron chi connectivity index (χ4n) is 6.59. The van der Waals surface area contributed by atoms with Gasteiger partial charge >= 0.3 is 0 Å². The number of rotatable bonds is 5. The molecule has 2 aliphatic heterocycles. The summed E-state index contributed by atoms with van der Waals surface area (Å²) in [5, 5.41) is 1.05. The molecule has 1 atom stereocenters. The molecule has 40 heavy (non-hydrogen) atoms. The van der Waals surface area contributed by atoms with Gasteiger partial charge in [-0.2, -0.15) is 0 Å². The summed E-state index contributed by atoms with van der Waals surface area (Å²) in [7, 11) is -0.495. The van der Waals surface area contributed by atoms with Crippen molar-refractivity contribution in [3.05, 3.63) is 66.0 Å². The predicted molar refractivity (Wildman–Crippen MR) is 166 cm³/mol. The van der Waals surface area contributed by atoms with Crippen LogP contribution in [0.3, 0.4) is 0 Å². The molecule has 2 fully saturated rings. The van der Waals surface area contributed by atoms with Gasteiger partial charge in [0.05, 0.1) is 9.73 Å². The van der Waals surface area contributed by atoms with Crippen LogP contribution in [0.2, 0.25) is 0 Å². The van der Waals surface area contributed by atoms with Crippen molar-refractivity contribution in [2.45, 2.75) is 37.6 Å². The van der Waals surface area contributed by atoms with Crippen LogP contribution in [0.25, 0.3) is 33.3 Å². The molecule has 4 aromatic rings. The lowest BCUT2D eigenvalue weighted by atomic mass is 9.97. The van der Waals surface area contributed by atoms with Crippen molar-refractivity contribution in [1.82, 2.24) is 19.8 Å². The Morgan fingerprint density at radius 2 is 1.55 bits per heavy atom. The molecule has 4 heterocycles. The van der Waals surface area contributed by atoms with Crippen molar-refractivity contribution < 1.29 is 4.21 Å². The van der Waals surface area contributed by atoms with Crippen LogP contribution in [-0.2, 0) is 9.73 Å². The minimum Gasteiger partial charge on any atom is -0.369 e. The molecule has 0 saturated carbocycles. The van der Waals surface area contributed by atoms with E-state index < -0.39 is 9.73 Å². The van der Waals surface area contributed by atoms with Gasteiger partial charge in [0, 0.05) is 78.0 Å². The minimum absolute atomic E-state index is 0.546. The zero-order valence-electron chi connectivity index (χ0n) is 24.0. The van der Waals surface area contributed by atoms with Crippen LogP contribution in [-0.4, -0.2) is 82.6 Å². The summed E-state index contributed by atoms with van der Waals surface area (Å²) in [5.41, 5.74) is 9.19. The quantitative estimate of drug-likeness (QED) is 0.327. The zero-order chi connectivity index (χ0) is 28.0. The average Bonchev–Trinajstić information content (AvgIpc) is 3.36.